The molecule has 124 valence electrons. The lowest BCUT2D eigenvalue weighted by molar-refractivity contribution is 0.318. The molecule has 3 rings (SSSR count). The number of hydrogen-bond acceptors (Lipinski definition) is 4. The maximum atomic E-state index is 9.54. The monoisotopic (exact) mass is 325 g/mol. The van der Waals surface area contributed by atoms with Gasteiger partial charge in [-0.05, 0) is 62.2 Å². The molecule has 0 aliphatic rings. The number of rotatable bonds is 3. The molecule has 0 saturated heterocycles. The summed E-state index contributed by atoms with van der Waals surface area (Å²) in [5, 5.41) is 21.9. The smallest absolute Gasteiger partial charge is 0.187 e. The minimum atomic E-state index is 0.0255. The number of benzene rings is 1. The van der Waals surface area contributed by atoms with Gasteiger partial charge >= 0.3 is 0 Å². The fraction of sp³-hybridized carbons (Fsp3) is 0.167. The van der Waals surface area contributed by atoms with Crippen LogP contribution in [0, 0.1) is 20.8 Å². The summed E-state index contributed by atoms with van der Waals surface area (Å²) >= 11 is 0. The van der Waals surface area contributed by atoms with E-state index in [2.05, 4.69) is 5.16 Å². The molecule has 0 fully saturated rings. The summed E-state index contributed by atoms with van der Waals surface area (Å²) in [6.45, 7) is 5.71. The Bertz CT molecular complexity index is 898. The van der Waals surface area contributed by atoms with Gasteiger partial charge in [0.1, 0.15) is 11.5 Å². The number of nitrogens with two attached hydrogens (primary N) is 1. The zero-order valence-corrected chi connectivity index (χ0v) is 13.7. The molecule has 0 atom stereocenters. The number of hydrogen-bond donors (Lipinski definition) is 3. The summed E-state index contributed by atoms with van der Waals surface area (Å²) in [5.41, 5.74) is 11.0. The molecule has 0 saturated carbocycles. The topological polar surface area (TPSA) is 96.9 Å². The van der Waals surface area contributed by atoms with E-state index in [9.17, 15) is 10.3 Å². The first-order valence-corrected chi connectivity index (χ1v) is 7.48. The van der Waals surface area contributed by atoms with Gasteiger partial charge in [-0.3, -0.25) is 0 Å². The van der Waals surface area contributed by atoms with Gasteiger partial charge in [-0.25, -0.2) is 0 Å². The molecule has 0 spiro atoms. The maximum absolute atomic E-state index is 9.54. The Morgan fingerprint density at radius 3 is 2.33 bits per heavy atom. The van der Waals surface area contributed by atoms with Crippen molar-refractivity contribution in [3.05, 3.63) is 59.2 Å². The second-order valence-electron chi connectivity index (χ2n) is 5.75. The van der Waals surface area contributed by atoms with Crippen LogP contribution in [0.3, 0.4) is 0 Å². The number of aromatic hydroxyl groups is 1. The second-order valence-corrected chi connectivity index (χ2v) is 5.75. The summed E-state index contributed by atoms with van der Waals surface area (Å²) in [5.74, 6) is 0.952. The lowest BCUT2D eigenvalue weighted by Gasteiger charge is -2.14. The van der Waals surface area contributed by atoms with Gasteiger partial charge in [-0.2, -0.15) is 0 Å². The molecule has 0 aliphatic carbocycles. The van der Waals surface area contributed by atoms with E-state index in [-0.39, 0.29) is 11.6 Å². The van der Waals surface area contributed by atoms with Crippen LogP contribution in [0.15, 0.2) is 46.2 Å². The van der Waals surface area contributed by atoms with Crippen LogP contribution in [0.25, 0.3) is 16.9 Å². The highest BCUT2D eigenvalue weighted by Crippen LogP contribution is 2.33. The van der Waals surface area contributed by atoms with Crippen LogP contribution in [0.5, 0.6) is 5.75 Å². The number of phenolic OH excluding ortho intramolecular Hbond substituents is 1. The van der Waals surface area contributed by atoms with Gasteiger partial charge in [0, 0.05) is 5.56 Å². The van der Waals surface area contributed by atoms with Crippen molar-refractivity contribution >= 4 is 5.84 Å². The minimum absolute atomic E-state index is 0.0255. The molecule has 0 unspecified atom stereocenters. The highest BCUT2D eigenvalue weighted by atomic mass is 16.4. The van der Waals surface area contributed by atoms with Crippen LogP contribution >= 0.6 is 0 Å². The molecule has 2 heterocycles. The van der Waals surface area contributed by atoms with Crippen LogP contribution in [-0.2, 0) is 0 Å². The van der Waals surface area contributed by atoms with Gasteiger partial charge in [0.2, 0.25) is 0 Å². The Balaban J connectivity index is 2.37. The summed E-state index contributed by atoms with van der Waals surface area (Å²) in [6.07, 6.45) is 1.68. The summed E-state index contributed by atoms with van der Waals surface area (Å²) in [4.78, 5) is 0. The van der Waals surface area contributed by atoms with Crippen molar-refractivity contribution in [3.63, 3.8) is 0 Å². The van der Waals surface area contributed by atoms with Gasteiger partial charge in [0.25, 0.3) is 0 Å². The first-order chi connectivity index (χ1) is 11.4. The fourth-order valence-electron chi connectivity index (χ4n) is 2.98. The van der Waals surface area contributed by atoms with Gasteiger partial charge in [0.05, 0.1) is 23.3 Å². The third kappa shape index (κ3) is 2.42. The number of aryl methyl sites for hydroxylation is 3. The lowest BCUT2D eigenvalue weighted by Crippen LogP contribution is -2.19. The predicted molar refractivity (Wildman–Crippen MR) is 91.9 cm³/mol. The molecule has 4 N–H and O–H groups in total. The van der Waals surface area contributed by atoms with E-state index in [1.54, 1.807) is 18.4 Å². The van der Waals surface area contributed by atoms with Crippen molar-refractivity contribution in [2.24, 2.45) is 10.9 Å². The van der Waals surface area contributed by atoms with Crippen molar-refractivity contribution in [3.8, 4) is 22.7 Å². The standard InChI is InChI=1S/C18H19N3O3/c1-10-8-15(13-4-6-14(22)7-5-13)21(17(10)18(19)20-23)16-11(2)9-24-12(16)3/h4-9,22-23H,1-3H3,(H2,19,20). The van der Waals surface area contributed by atoms with E-state index in [1.165, 1.54) is 0 Å². The molecule has 6 nitrogen and oxygen atoms in total. The average Bonchev–Trinajstić information content (AvgIpc) is 3.06. The molecule has 0 radical (unpaired) electrons. The van der Waals surface area contributed by atoms with E-state index in [0.29, 0.717) is 5.69 Å². The van der Waals surface area contributed by atoms with Crippen LogP contribution < -0.4 is 5.73 Å². The summed E-state index contributed by atoms with van der Waals surface area (Å²) in [6, 6.07) is 8.86. The first kappa shape index (κ1) is 15.7. The van der Waals surface area contributed by atoms with Crippen LogP contribution in [-0.4, -0.2) is 20.7 Å². The Morgan fingerprint density at radius 2 is 1.79 bits per heavy atom. The zero-order chi connectivity index (χ0) is 17.4. The van der Waals surface area contributed by atoms with Gasteiger partial charge in [-0.1, -0.05) is 5.16 Å². The molecular formula is C18H19N3O3. The quantitative estimate of drug-likeness (QED) is 0.297. The Labute approximate surface area is 139 Å². The van der Waals surface area contributed by atoms with Gasteiger partial charge < -0.3 is 25.0 Å². The Morgan fingerprint density at radius 1 is 1.12 bits per heavy atom. The van der Waals surface area contributed by atoms with E-state index in [4.69, 9.17) is 10.2 Å². The van der Waals surface area contributed by atoms with Gasteiger partial charge in [-0.15, -0.1) is 0 Å². The van der Waals surface area contributed by atoms with Crippen LogP contribution in [0.1, 0.15) is 22.6 Å². The van der Waals surface area contributed by atoms with Gasteiger partial charge in [0.15, 0.2) is 5.84 Å². The number of amidine groups is 1. The average molecular weight is 325 g/mol. The molecule has 0 amide bonds. The maximum Gasteiger partial charge on any atom is 0.187 e. The minimum Gasteiger partial charge on any atom is -0.508 e. The third-order valence-corrected chi connectivity index (χ3v) is 4.05. The number of aromatic nitrogens is 1. The van der Waals surface area contributed by atoms with Crippen LogP contribution in [0.2, 0.25) is 0 Å². The summed E-state index contributed by atoms with van der Waals surface area (Å²) in [7, 11) is 0. The zero-order valence-electron chi connectivity index (χ0n) is 13.7. The van der Waals surface area contributed by atoms with E-state index < -0.39 is 0 Å². The molecular weight excluding hydrogens is 306 g/mol. The van der Waals surface area contributed by atoms with Crippen molar-refractivity contribution in [2.45, 2.75) is 20.8 Å². The number of nitrogens with zero attached hydrogens (tertiary/aromatic N) is 2. The summed E-state index contributed by atoms with van der Waals surface area (Å²) < 4.78 is 7.45. The Hall–Kier alpha value is -3.15. The number of phenols is 1. The first-order valence-electron chi connectivity index (χ1n) is 7.48. The lowest BCUT2D eigenvalue weighted by atomic mass is 10.1. The highest BCUT2D eigenvalue weighted by Gasteiger charge is 2.22. The number of oxime groups is 1. The van der Waals surface area contributed by atoms with Crippen molar-refractivity contribution in [1.82, 2.24) is 4.57 Å². The van der Waals surface area contributed by atoms with E-state index in [1.807, 2.05) is 43.5 Å². The number of furan rings is 1. The molecule has 0 aliphatic heterocycles. The second kappa shape index (κ2) is 5.81. The molecule has 24 heavy (non-hydrogen) atoms. The van der Waals surface area contributed by atoms with Crippen molar-refractivity contribution in [2.75, 3.05) is 0 Å². The molecule has 2 aromatic heterocycles. The molecule has 0 bridgehead atoms. The van der Waals surface area contributed by atoms with E-state index in [0.717, 1.165) is 33.8 Å². The Kier molecular flexibility index (Phi) is 3.81. The normalized spacial score (nSPS) is 11.9. The van der Waals surface area contributed by atoms with Crippen LogP contribution in [0.4, 0.5) is 0 Å². The third-order valence-electron chi connectivity index (χ3n) is 4.05. The fourth-order valence-corrected chi connectivity index (χ4v) is 2.98. The predicted octanol–water partition coefficient (Wildman–Crippen LogP) is 3.46. The molecule has 3 aromatic rings. The SMILES string of the molecule is Cc1coc(C)c1-n1c(-c2ccc(O)cc2)cc(C)c1C(N)=NO. The molecule has 6 heteroatoms. The largest absolute Gasteiger partial charge is 0.508 e. The highest BCUT2D eigenvalue weighted by molar-refractivity contribution is 5.99. The van der Waals surface area contributed by atoms with E-state index >= 15 is 0 Å². The van der Waals surface area contributed by atoms with Crippen molar-refractivity contribution < 1.29 is 14.7 Å². The molecule has 1 aromatic carbocycles. The van der Waals surface area contributed by atoms with Crippen molar-refractivity contribution in [1.29, 1.82) is 0 Å².